The Labute approximate surface area is 178 Å². The van der Waals surface area contributed by atoms with E-state index in [1.165, 1.54) is 25.6 Å². The molecular weight excluding hydrogens is 456 g/mol. The molecule has 0 aliphatic rings. The minimum Gasteiger partial charge on any atom is -0.495 e. The van der Waals surface area contributed by atoms with Crippen LogP contribution >= 0.6 is 27.3 Å². The summed E-state index contributed by atoms with van der Waals surface area (Å²) in [6, 6.07) is 14.6. The van der Waals surface area contributed by atoms with E-state index < -0.39 is 5.97 Å². The first-order chi connectivity index (χ1) is 14.0. The van der Waals surface area contributed by atoms with Crippen molar-refractivity contribution in [3.05, 3.63) is 64.1 Å². The summed E-state index contributed by atoms with van der Waals surface area (Å²) in [4.78, 5) is 29.1. The molecule has 6 nitrogen and oxygen atoms in total. The third-order valence-electron chi connectivity index (χ3n) is 4.42. The van der Waals surface area contributed by atoms with Crippen molar-refractivity contribution in [3.8, 4) is 5.75 Å². The van der Waals surface area contributed by atoms with Crippen LogP contribution in [0.4, 0.5) is 5.13 Å². The van der Waals surface area contributed by atoms with Gasteiger partial charge in [0.1, 0.15) is 5.75 Å². The topological polar surface area (TPSA) is 77.5 Å². The molecule has 1 aromatic heterocycles. The van der Waals surface area contributed by atoms with E-state index in [0.717, 1.165) is 19.9 Å². The Kier molecular flexibility index (Phi) is 5.21. The van der Waals surface area contributed by atoms with E-state index in [1.807, 2.05) is 24.3 Å². The van der Waals surface area contributed by atoms with Gasteiger partial charge in [-0.2, -0.15) is 0 Å². The molecule has 0 bridgehead atoms. The maximum absolute atomic E-state index is 13.0. The van der Waals surface area contributed by atoms with E-state index in [4.69, 9.17) is 9.47 Å². The Morgan fingerprint density at radius 3 is 2.66 bits per heavy atom. The quantitative estimate of drug-likeness (QED) is 0.411. The van der Waals surface area contributed by atoms with Gasteiger partial charge < -0.3 is 9.47 Å². The van der Waals surface area contributed by atoms with Crippen LogP contribution in [0.25, 0.3) is 21.0 Å². The molecule has 0 aliphatic carbocycles. The van der Waals surface area contributed by atoms with Crippen LogP contribution in [0.15, 0.2) is 53.0 Å². The van der Waals surface area contributed by atoms with Crippen LogP contribution in [0.3, 0.4) is 0 Å². The van der Waals surface area contributed by atoms with Gasteiger partial charge in [0.05, 0.1) is 40.0 Å². The molecule has 0 radical (unpaired) electrons. The highest BCUT2D eigenvalue weighted by molar-refractivity contribution is 9.10. The fraction of sp³-hybridized carbons (Fsp3) is 0.0952. The first-order valence-electron chi connectivity index (χ1n) is 8.57. The normalized spacial score (nSPS) is 10.9. The maximum atomic E-state index is 13.0. The molecule has 3 aromatic carbocycles. The molecule has 29 heavy (non-hydrogen) atoms. The molecule has 0 aliphatic heterocycles. The largest absolute Gasteiger partial charge is 0.495 e. The number of aromatic nitrogens is 1. The molecule has 4 aromatic rings. The number of benzene rings is 3. The SMILES string of the molecule is COC(=O)c1ccc2nc(NC(=O)c3cc4ccccc4c(Br)c3OC)sc2c1. The number of methoxy groups -OCH3 is 2. The third-order valence-corrected chi connectivity index (χ3v) is 6.14. The molecule has 0 unspecified atom stereocenters. The average molecular weight is 471 g/mol. The highest BCUT2D eigenvalue weighted by atomic mass is 79.9. The van der Waals surface area contributed by atoms with Crippen molar-refractivity contribution in [2.75, 3.05) is 19.5 Å². The molecule has 0 atom stereocenters. The highest BCUT2D eigenvalue weighted by Crippen LogP contribution is 2.37. The van der Waals surface area contributed by atoms with Gasteiger partial charge in [0.2, 0.25) is 0 Å². The Balaban J connectivity index is 1.70. The molecule has 0 fully saturated rings. The van der Waals surface area contributed by atoms with Gasteiger partial charge in [-0.1, -0.05) is 35.6 Å². The standard InChI is InChI=1S/C21H15BrN2O4S/c1-27-18-14(9-11-5-3-4-6-13(11)17(18)22)19(25)24-21-23-15-8-7-12(20(26)28-2)10-16(15)29-21/h3-10H,1-2H3,(H,23,24,25). The number of hydrogen-bond donors (Lipinski definition) is 1. The van der Waals surface area contributed by atoms with E-state index in [0.29, 0.717) is 27.5 Å². The fourth-order valence-electron chi connectivity index (χ4n) is 3.04. The van der Waals surface area contributed by atoms with Crippen molar-refractivity contribution >= 4 is 65.3 Å². The number of fused-ring (bicyclic) bond motifs is 2. The molecule has 0 saturated heterocycles. The molecule has 0 spiro atoms. The predicted octanol–water partition coefficient (Wildman–Crippen LogP) is 5.26. The lowest BCUT2D eigenvalue weighted by atomic mass is 10.1. The number of nitrogens with one attached hydrogen (secondary N) is 1. The summed E-state index contributed by atoms with van der Waals surface area (Å²) in [6.07, 6.45) is 0. The number of rotatable bonds is 4. The van der Waals surface area contributed by atoms with Crippen molar-refractivity contribution < 1.29 is 19.1 Å². The summed E-state index contributed by atoms with van der Waals surface area (Å²) in [5.41, 5.74) is 1.51. The van der Waals surface area contributed by atoms with Crippen LogP contribution in [0.2, 0.25) is 0 Å². The monoisotopic (exact) mass is 470 g/mol. The van der Waals surface area contributed by atoms with Gasteiger partial charge in [-0.3, -0.25) is 10.1 Å². The fourth-order valence-corrected chi connectivity index (χ4v) is 4.68. The van der Waals surface area contributed by atoms with E-state index in [9.17, 15) is 9.59 Å². The molecule has 8 heteroatoms. The summed E-state index contributed by atoms with van der Waals surface area (Å²) in [7, 11) is 2.86. The highest BCUT2D eigenvalue weighted by Gasteiger charge is 2.19. The lowest BCUT2D eigenvalue weighted by molar-refractivity contribution is 0.0601. The first-order valence-corrected chi connectivity index (χ1v) is 10.2. The van der Waals surface area contributed by atoms with E-state index >= 15 is 0 Å². The van der Waals surface area contributed by atoms with Crippen molar-refractivity contribution in [1.82, 2.24) is 4.98 Å². The second-order valence-corrected chi connectivity index (χ2v) is 7.96. The molecule has 4 rings (SSSR count). The van der Waals surface area contributed by atoms with Gasteiger partial charge in [0.25, 0.3) is 5.91 Å². The molecular formula is C21H15BrN2O4S. The maximum Gasteiger partial charge on any atom is 0.337 e. The number of ether oxygens (including phenoxy) is 2. The van der Waals surface area contributed by atoms with E-state index in [1.54, 1.807) is 24.3 Å². The van der Waals surface area contributed by atoms with Crippen LogP contribution in [-0.2, 0) is 4.74 Å². The predicted molar refractivity (Wildman–Crippen MR) is 117 cm³/mol. The number of nitrogens with zero attached hydrogens (tertiary/aromatic N) is 1. The average Bonchev–Trinajstić information content (AvgIpc) is 3.14. The number of amides is 1. The number of anilines is 1. The number of thiazole rings is 1. The lowest BCUT2D eigenvalue weighted by Crippen LogP contribution is -2.13. The van der Waals surface area contributed by atoms with Crippen molar-refractivity contribution in [1.29, 1.82) is 0 Å². The first kappa shape index (κ1) is 19.4. The Bertz CT molecular complexity index is 1270. The van der Waals surface area contributed by atoms with Crippen LogP contribution in [0.5, 0.6) is 5.75 Å². The summed E-state index contributed by atoms with van der Waals surface area (Å²) >= 11 is 4.82. The zero-order valence-electron chi connectivity index (χ0n) is 15.5. The van der Waals surface area contributed by atoms with Crippen molar-refractivity contribution in [2.45, 2.75) is 0 Å². The van der Waals surface area contributed by atoms with Gasteiger partial charge >= 0.3 is 5.97 Å². The summed E-state index contributed by atoms with van der Waals surface area (Å²) in [6.45, 7) is 0. The van der Waals surface area contributed by atoms with Crippen LogP contribution in [-0.4, -0.2) is 31.1 Å². The summed E-state index contributed by atoms with van der Waals surface area (Å²) < 4.78 is 11.7. The zero-order valence-corrected chi connectivity index (χ0v) is 17.9. The molecule has 1 N–H and O–H groups in total. The number of carbonyl (C=O) groups excluding carboxylic acids is 2. The molecule has 1 amide bonds. The van der Waals surface area contributed by atoms with Gasteiger partial charge in [-0.15, -0.1) is 0 Å². The Morgan fingerprint density at radius 1 is 1.10 bits per heavy atom. The van der Waals surface area contributed by atoms with Gasteiger partial charge in [0.15, 0.2) is 5.13 Å². The minimum absolute atomic E-state index is 0.333. The summed E-state index contributed by atoms with van der Waals surface area (Å²) in [5.74, 6) is -0.299. The minimum atomic E-state index is -0.420. The second kappa shape index (κ2) is 7.81. The number of carbonyl (C=O) groups is 2. The van der Waals surface area contributed by atoms with E-state index in [2.05, 4.69) is 26.2 Å². The molecule has 1 heterocycles. The smallest absolute Gasteiger partial charge is 0.337 e. The number of halogens is 1. The summed E-state index contributed by atoms with van der Waals surface area (Å²) in [5, 5.41) is 5.13. The Hall–Kier alpha value is -2.97. The van der Waals surface area contributed by atoms with Crippen LogP contribution < -0.4 is 10.1 Å². The van der Waals surface area contributed by atoms with Crippen molar-refractivity contribution in [2.24, 2.45) is 0 Å². The zero-order chi connectivity index (χ0) is 20.5. The van der Waals surface area contributed by atoms with Crippen LogP contribution in [0, 0.1) is 0 Å². The van der Waals surface area contributed by atoms with Gasteiger partial charge in [-0.25, -0.2) is 9.78 Å². The lowest BCUT2D eigenvalue weighted by Gasteiger charge is -2.12. The van der Waals surface area contributed by atoms with Gasteiger partial charge in [-0.05, 0) is 51.0 Å². The van der Waals surface area contributed by atoms with Crippen LogP contribution in [0.1, 0.15) is 20.7 Å². The third kappa shape index (κ3) is 3.56. The molecule has 0 saturated carbocycles. The van der Waals surface area contributed by atoms with E-state index in [-0.39, 0.29) is 5.91 Å². The molecule has 146 valence electrons. The number of hydrogen-bond acceptors (Lipinski definition) is 6. The van der Waals surface area contributed by atoms with Gasteiger partial charge in [0, 0.05) is 0 Å². The Morgan fingerprint density at radius 2 is 1.90 bits per heavy atom. The number of esters is 1. The van der Waals surface area contributed by atoms with Crippen molar-refractivity contribution in [3.63, 3.8) is 0 Å². The second-order valence-electron chi connectivity index (χ2n) is 6.14.